The van der Waals surface area contributed by atoms with Crippen LogP contribution in [0.15, 0.2) is 12.4 Å². The third kappa shape index (κ3) is 3.30. The number of nitrogens with zero attached hydrogens (tertiary/aromatic N) is 2. The summed E-state index contributed by atoms with van der Waals surface area (Å²) in [5.74, 6) is 0. The highest BCUT2D eigenvalue weighted by Crippen LogP contribution is 2.36. The van der Waals surface area contributed by atoms with Gasteiger partial charge in [0.25, 0.3) is 0 Å². The smallest absolute Gasteiger partial charge is 0.0537 e. The Morgan fingerprint density at radius 1 is 1.53 bits per heavy atom. The molecule has 1 fully saturated rings. The maximum atomic E-state index is 6.12. The van der Waals surface area contributed by atoms with E-state index in [2.05, 4.69) is 17.3 Å². The average Bonchev–Trinajstić information content (AvgIpc) is 2.88. The van der Waals surface area contributed by atoms with Gasteiger partial charge in [-0.05, 0) is 18.3 Å². The predicted octanol–water partition coefficient (Wildman–Crippen LogP) is 1.59. The van der Waals surface area contributed by atoms with Gasteiger partial charge in [-0.25, -0.2) is 0 Å². The first kappa shape index (κ1) is 12.6. The van der Waals surface area contributed by atoms with Crippen LogP contribution in [0, 0.1) is 5.41 Å². The van der Waals surface area contributed by atoms with Crippen LogP contribution in [0.4, 0.5) is 0 Å². The van der Waals surface area contributed by atoms with Crippen molar-refractivity contribution in [2.45, 2.75) is 38.6 Å². The van der Waals surface area contributed by atoms with Crippen molar-refractivity contribution >= 4 is 0 Å². The van der Waals surface area contributed by atoms with E-state index in [1.54, 1.807) is 4.68 Å². The molecule has 0 spiro atoms. The lowest BCUT2D eigenvalue weighted by Crippen LogP contribution is -2.34. The normalized spacial score (nSPS) is 20.6. The number of aromatic nitrogens is 2. The number of nitrogens with one attached hydrogen (secondary N) is 1. The van der Waals surface area contributed by atoms with Crippen LogP contribution in [-0.4, -0.2) is 22.9 Å². The van der Waals surface area contributed by atoms with Crippen molar-refractivity contribution in [1.29, 1.82) is 0 Å². The second kappa shape index (κ2) is 5.19. The summed E-state index contributed by atoms with van der Waals surface area (Å²) < 4.78 is 1.80. The first-order valence-electron chi connectivity index (χ1n) is 6.54. The topological polar surface area (TPSA) is 55.9 Å². The van der Waals surface area contributed by atoms with Crippen LogP contribution < -0.4 is 11.1 Å². The molecule has 1 aliphatic rings. The Morgan fingerprint density at radius 2 is 2.24 bits per heavy atom. The van der Waals surface area contributed by atoms with E-state index in [1.807, 2.05) is 19.4 Å². The molecule has 96 valence electrons. The molecule has 0 saturated heterocycles. The molecule has 1 saturated carbocycles. The second-order valence-corrected chi connectivity index (χ2v) is 5.70. The molecule has 0 amide bonds. The van der Waals surface area contributed by atoms with Crippen LogP contribution in [0.3, 0.4) is 0 Å². The zero-order valence-electron chi connectivity index (χ0n) is 10.9. The summed E-state index contributed by atoms with van der Waals surface area (Å²) in [6.07, 6.45) is 9.30. The highest BCUT2D eigenvalue weighted by molar-refractivity contribution is 5.09. The fraction of sp³-hybridized carbons (Fsp3) is 0.769. The van der Waals surface area contributed by atoms with E-state index < -0.39 is 0 Å². The van der Waals surface area contributed by atoms with Gasteiger partial charge in [0.1, 0.15) is 0 Å². The summed E-state index contributed by atoms with van der Waals surface area (Å²) in [4.78, 5) is 0. The molecule has 1 aliphatic carbocycles. The van der Waals surface area contributed by atoms with E-state index in [-0.39, 0.29) is 6.04 Å². The number of hydrogen-bond acceptors (Lipinski definition) is 3. The monoisotopic (exact) mass is 236 g/mol. The van der Waals surface area contributed by atoms with Gasteiger partial charge in [0.2, 0.25) is 0 Å². The van der Waals surface area contributed by atoms with E-state index in [9.17, 15) is 0 Å². The first-order valence-corrected chi connectivity index (χ1v) is 6.54. The Bertz CT molecular complexity index is 352. The minimum Gasteiger partial charge on any atom is -0.323 e. The maximum absolute atomic E-state index is 6.12. The second-order valence-electron chi connectivity index (χ2n) is 5.70. The molecular weight excluding hydrogens is 212 g/mol. The Morgan fingerprint density at radius 3 is 2.82 bits per heavy atom. The summed E-state index contributed by atoms with van der Waals surface area (Å²) in [5, 5.41) is 7.66. The van der Waals surface area contributed by atoms with Gasteiger partial charge in [0.15, 0.2) is 0 Å². The van der Waals surface area contributed by atoms with Crippen molar-refractivity contribution in [3.63, 3.8) is 0 Å². The SMILES string of the molecule is Cn1cc(C(N)CNCC2(C)CCCC2)cn1. The molecule has 0 aliphatic heterocycles. The van der Waals surface area contributed by atoms with Crippen LogP contribution in [0.25, 0.3) is 0 Å². The molecule has 1 aromatic rings. The van der Waals surface area contributed by atoms with Crippen LogP contribution in [0.1, 0.15) is 44.2 Å². The first-order chi connectivity index (χ1) is 8.09. The number of nitrogens with two attached hydrogens (primary N) is 1. The molecule has 1 atom stereocenters. The van der Waals surface area contributed by atoms with Crippen LogP contribution >= 0.6 is 0 Å². The zero-order chi connectivity index (χ0) is 12.3. The molecule has 1 aromatic heterocycles. The van der Waals surface area contributed by atoms with Crippen molar-refractivity contribution < 1.29 is 0 Å². The molecule has 1 unspecified atom stereocenters. The lowest BCUT2D eigenvalue weighted by Gasteiger charge is -2.24. The fourth-order valence-corrected chi connectivity index (χ4v) is 2.68. The molecule has 0 bridgehead atoms. The molecule has 4 heteroatoms. The lowest BCUT2D eigenvalue weighted by atomic mass is 9.89. The van der Waals surface area contributed by atoms with Crippen molar-refractivity contribution in [3.05, 3.63) is 18.0 Å². The third-order valence-corrected chi connectivity index (χ3v) is 3.88. The van der Waals surface area contributed by atoms with Crippen LogP contribution in [0.5, 0.6) is 0 Å². The average molecular weight is 236 g/mol. The Kier molecular flexibility index (Phi) is 3.84. The molecular formula is C13H24N4. The van der Waals surface area contributed by atoms with Gasteiger partial charge in [-0.2, -0.15) is 5.10 Å². The molecule has 1 heterocycles. The Hall–Kier alpha value is -0.870. The molecule has 2 rings (SSSR count). The Balaban J connectivity index is 1.75. The van der Waals surface area contributed by atoms with Crippen LogP contribution in [-0.2, 0) is 7.05 Å². The number of hydrogen-bond donors (Lipinski definition) is 2. The summed E-state index contributed by atoms with van der Waals surface area (Å²) in [6, 6.07) is 0.0497. The predicted molar refractivity (Wildman–Crippen MR) is 69.6 cm³/mol. The van der Waals surface area contributed by atoms with E-state index in [4.69, 9.17) is 5.73 Å². The standard InChI is InChI=1S/C13H24N4/c1-13(5-3-4-6-13)10-15-8-12(14)11-7-16-17(2)9-11/h7,9,12,15H,3-6,8,10,14H2,1-2H3. The number of aryl methyl sites for hydroxylation is 1. The highest BCUT2D eigenvalue weighted by Gasteiger charge is 2.28. The van der Waals surface area contributed by atoms with Gasteiger partial charge < -0.3 is 11.1 Å². The van der Waals surface area contributed by atoms with Gasteiger partial charge in [-0.15, -0.1) is 0 Å². The molecule has 3 N–H and O–H groups in total. The summed E-state index contributed by atoms with van der Waals surface area (Å²) in [5.41, 5.74) is 7.72. The van der Waals surface area contributed by atoms with Gasteiger partial charge in [0, 0.05) is 37.9 Å². The van der Waals surface area contributed by atoms with E-state index in [0.717, 1.165) is 18.7 Å². The highest BCUT2D eigenvalue weighted by atomic mass is 15.2. The van der Waals surface area contributed by atoms with Crippen molar-refractivity contribution in [1.82, 2.24) is 15.1 Å². The maximum Gasteiger partial charge on any atom is 0.0537 e. The molecule has 0 radical (unpaired) electrons. The largest absolute Gasteiger partial charge is 0.323 e. The summed E-state index contributed by atoms with van der Waals surface area (Å²) >= 11 is 0. The Labute approximate surface area is 104 Å². The van der Waals surface area contributed by atoms with Crippen molar-refractivity contribution in [3.8, 4) is 0 Å². The summed E-state index contributed by atoms with van der Waals surface area (Å²) in [6.45, 7) is 4.30. The van der Waals surface area contributed by atoms with E-state index in [0.29, 0.717) is 5.41 Å². The minimum atomic E-state index is 0.0497. The van der Waals surface area contributed by atoms with E-state index >= 15 is 0 Å². The fourth-order valence-electron chi connectivity index (χ4n) is 2.68. The quantitative estimate of drug-likeness (QED) is 0.816. The zero-order valence-corrected chi connectivity index (χ0v) is 10.9. The van der Waals surface area contributed by atoms with Gasteiger partial charge in [0.05, 0.1) is 6.20 Å². The summed E-state index contributed by atoms with van der Waals surface area (Å²) in [7, 11) is 1.92. The van der Waals surface area contributed by atoms with Gasteiger partial charge >= 0.3 is 0 Å². The van der Waals surface area contributed by atoms with Crippen molar-refractivity contribution in [2.75, 3.05) is 13.1 Å². The molecule has 4 nitrogen and oxygen atoms in total. The number of rotatable bonds is 5. The van der Waals surface area contributed by atoms with Crippen molar-refractivity contribution in [2.24, 2.45) is 18.2 Å². The third-order valence-electron chi connectivity index (χ3n) is 3.88. The van der Waals surface area contributed by atoms with E-state index in [1.165, 1.54) is 25.7 Å². The van der Waals surface area contributed by atoms with Crippen LogP contribution in [0.2, 0.25) is 0 Å². The molecule has 17 heavy (non-hydrogen) atoms. The van der Waals surface area contributed by atoms with Gasteiger partial charge in [-0.3, -0.25) is 4.68 Å². The van der Waals surface area contributed by atoms with Gasteiger partial charge in [-0.1, -0.05) is 19.8 Å². The lowest BCUT2D eigenvalue weighted by molar-refractivity contribution is 0.312. The molecule has 0 aromatic carbocycles. The minimum absolute atomic E-state index is 0.0497.